The maximum absolute atomic E-state index is 12.1. The number of nitrogens with zero attached hydrogens (tertiary/aromatic N) is 1. The van der Waals surface area contributed by atoms with Gasteiger partial charge in [-0.1, -0.05) is 32.0 Å². The fourth-order valence-electron chi connectivity index (χ4n) is 2.38. The molecule has 5 nitrogen and oxygen atoms in total. The number of para-hydroxylation sites is 1. The lowest BCUT2D eigenvalue weighted by Crippen LogP contribution is -2.55. The Balaban J connectivity index is 2.69. The molecule has 2 amide bonds. The molecule has 0 spiro atoms. The molecule has 1 aromatic rings. The van der Waals surface area contributed by atoms with Gasteiger partial charge in [-0.3, -0.25) is 9.59 Å². The SMILES string of the molecule is CCC(C)c1ccccc1OCC(=O)NC(C)(C)C(=O)N(C)C. The average Bonchev–Trinajstić information content (AvgIpc) is 2.51. The third kappa shape index (κ3) is 5.27. The maximum atomic E-state index is 12.1. The van der Waals surface area contributed by atoms with E-state index in [0.29, 0.717) is 11.7 Å². The first kappa shape index (κ1) is 19.0. The van der Waals surface area contributed by atoms with Crippen molar-refractivity contribution in [2.45, 2.75) is 45.6 Å². The number of hydrogen-bond acceptors (Lipinski definition) is 3. The molecule has 1 N–H and O–H groups in total. The third-order valence-electron chi connectivity index (χ3n) is 3.81. The molecule has 1 unspecified atom stereocenters. The normalized spacial score (nSPS) is 12.4. The molecule has 0 saturated carbocycles. The Labute approximate surface area is 139 Å². The van der Waals surface area contributed by atoms with Gasteiger partial charge in [-0.05, 0) is 37.8 Å². The molecule has 0 heterocycles. The molecule has 1 atom stereocenters. The van der Waals surface area contributed by atoms with Crippen molar-refractivity contribution in [1.82, 2.24) is 10.2 Å². The van der Waals surface area contributed by atoms with Crippen LogP contribution >= 0.6 is 0 Å². The van der Waals surface area contributed by atoms with E-state index in [1.807, 2.05) is 24.3 Å². The van der Waals surface area contributed by atoms with Crippen molar-refractivity contribution < 1.29 is 14.3 Å². The highest BCUT2D eigenvalue weighted by atomic mass is 16.5. The van der Waals surface area contributed by atoms with Crippen LogP contribution in [0.25, 0.3) is 0 Å². The zero-order valence-corrected chi connectivity index (χ0v) is 15.0. The monoisotopic (exact) mass is 320 g/mol. The van der Waals surface area contributed by atoms with Crippen LogP contribution in [-0.2, 0) is 9.59 Å². The van der Waals surface area contributed by atoms with E-state index in [4.69, 9.17) is 4.74 Å². The number of benzene rings is 1. The van der Waals surface area contributed by atoms with Crippen LogP contribution < -0.4 is 10.1 Å². The Hall–Kier alpha value is -2.04. The maximum Gasteiger partial charge on any atom is 0.258 e. The second-order valence-electron chi connectivity index (χ2n) is 6.51. The standard InChI is InChI=1S/C18H28N2O3/c1-7-13(2)14-10-8-9-11-15(14)23-12-16(21)19-18(3,4)17(22)20(5)6/h8-11,13H,7,12H2,1-6H3,(H,19,21). The predicted molar refractivity (Wildman–Crippen MR) is 91.6 cm³/mol. The highest BCUT2D eigenvalue weighted by molar-refractivity contribution is 5.90. The highest BCUT2D eigenvalue weighted by Crippen LogP contribution is 2.28. The van der Waals surface area contributed by atoms with Crippen LogP contribution in [0.1, 0.15) is 45.6 Å². The summed E-state index contributed by atoms with van der Waals surface area (Å²) in [5.74, 6) is 0.602. The number of carbonyl (C=O) groups is 2. The number of ether oxygens (including phenoxy) is 1. The molecular weight excluding hydrogens is 292 g/mol. The average molecular weight is 320 g/mol. The van der Waals surface area contributed by atoms with Gasteiger partial charge in [0.05, 0.1) is 0 Å². The van der Waals surface area contributed by atoms with Gasteiger partial charge < -0.3 is 15.0 Å². The molecule has 0 bridgehead atoms. The number of amides is 2. The molecule has 0 aliphatic heterocycles. The van der Waals surface area contributed by atoms with Crippen molar-refractivity contribution in [2.75, 3.05) is 20.7 Å². The van der Waals surface area contributed by atoms with Crippen LogP contribution in [0.5, 0.6) is 5.75 Å². The fourth-order valence-corrected chi connectivity index (χ4v) is 2.38. The van der Waals surface area contributed by atoms with Crippen molar-refractivity contribution >= 4 is 11.8 Å². The molecule has 128 valence electrons. The summed E-state index contributed by atoms with van der Waals surface area (Å²) in [6, 6.07) is 7.73. The van der Waals surface area contributed by atoms with E-state index in [1.54, 1.807) is 27.9 Å². The van der Waals surface area contributed by atoms with Crippen LogP contribution in [-0.4, -0.2) is 43.0 Å². The molecule has 0 aliphatic carbocycles. The van der Waals surface area contributed by atoms with Gasteiger partial charge in [-0.2, -0.15) is 0 Å². The lowest BCUT2D eigenvalue weighted by Gasteiger charge is -2.28. The second kappa shape index (κ2) is 7.99. The van der Waals surface area contributed by atoms with Crippen molar-refractivity contribution in [3.63, 3.8) is 0 Å². The van der Waals surface area contributed by atoms with Crippen LogP contribution in [0.4, 0.5) is 0 Å². The van der Waals surface area contributed by atoms with Crippen molar-refractivity contribution in [1.29, 1.82) is 0 Å². The first-order valence-corrected chi connectivity index (χ1v) is 7.93. The van der Waals surface area contributed by atoms with Gasteiger partial charge in [-0.15, -0.1) is 0 Å². The van der Waals surface area contributed by atoms with E-state index < -0.39 is 5.54 Å². The summed E-state index contributed by atoms with van der Waals surface area (Å²) >= 11 is 0. The summed E-state index contributed by atoms with van der Waals surface area (Å²) in [6.07, 6.45) is 0.997. The number of carbonyl (C=O) groups excluding carboxylic acids is 2. The first-order valence-electron chi connectivity index (χ1n) is 7.93. The molecule has 0 radical (unpaired) electrons. The smallest absolute Gasteiger partial charge is 0.258 e. The van der Waals surface area contributed by atoms with Gasteiger partial charge in [0.15, 0.2) is 6.61 Å². The van der Waals surface area contributed by atoms with Crippen LogP contribution in [0.15, 0.2) is 24.3 Å². The van der Waals surface area contributed by atoms with Crippen molar-refractivity contribution in [3.8, 4) is 5.75 Å². The Kier molecular flexibility index (Phi) is 6.61. The molecule has 0 fully saturated rings. The largest absolute Gasteiger partial charge is 0.483 e. The minimum atomic E-state index is -0.958. The molecule has 0 aromatic heterocycles. The number of likely N-dealkylation sites (N-methyl/N-ethyl adjacent to an activating group) is 1. The van der Waals surface area contributed by atoms with Gasteiger partial charge in [0, 0.05) is 14.1 Å². The van der Waals surface area contributed by atoms with Crippen molar-refractivity contribution in [2.24, 2.45) is 0 Å². The zero-order chi connectivity index (χ0) is 17.6. The van der Waals surface area contributed by atoms with Gasteiger partial charge in [0.2, 0.25) is 5.91 Å². The van der Waals surface area contributed by atoms with Crippen molar-refractivity contribution in [3.05, 3.63) is 29.8 Å². The number of rotatable bonds is 7. The summed E-state index contributed by atoms with van der Waals surface area (Å²) in [5.41, 5.74) is 0.131. The molecule has 23 heavy (non-hydrogen) atoms. The van der Waals surface area contributed by atoms with E-state index in [9.17, 15) is 9.59 Å². The second-order valence-corrected chi connectivity index (χ2v) is 6.51. The lowest BCUT2D eigenvalue weighted by atomic mass is 9.98. The van der Waals surface area contributed by atoms with Gasteiger partial charge in [0.1, 0.15) is 11.3 Å². The van der Waals surface area contributed by atoms with Crippen LogP contribution in [0, 0.1) is 0 Å². The Bertz CT molecular complexity index is 553. The Morgan fingerprint density at radius 3 is 2.43 bits per heavy atom. The molecule has 1 aromatic carbocycles. The minimum Gasteiger partial charge on any atom is -0.483 e. The van der Waals surface area contributed by atoms with Gasteiger partial charge in [0.25, 0.3) is 5.91 Å². The Morgan fingerprint density at radius 1 is 1.26 bits per heavy atom. The van der Waals surface area contributed by atoms with Crippen LogP contribution in [0.3, 0.4) is 0 Å². The molecule has 5 heteroatoms. The molecule has 0 saturated heterocycles. The third-order valence-corrected chi connectivity index (χ3v) is 3.81. The predicted octanol–water partition coefficient (Wildman–Crippen LogP) is 2.56. The summed E-state index contributed by atoms with van der Waals surface area (Å²) in [6.45, 7) is 7.49. The number of hydrogen-bond donors (Lipinski definition) is 1. The fraction of sp³-hybridized carbons (Fsp3) is 0.556. The minimum absolute atomic E-state index is 0.114. The highest BCUT2D eigenvalue weighted by Gasteiger charge is 2.30. The molecule has 0 aliphatic rings. The summed E-state index contributed by atoms with van der Waals surface area (Å²) in [5, 5.41) is 2.72. The lowest BCUT2D eigenvalue weighted by molar-refractivity contribution is -0.138. The summed E-state index contributed by atoms with van der Waals surface area (Å²) < 4.78 is 5.67. The number of nitrogens with one attached hydrogen (secondary N) is 1. The van der Waals surface area contributed by atoms with E-state index in [-0.39, 0.29) is 18.4 Å². The molecular formula is C18H28N2O3. The topological polar surface area (TPSA) is 58.6 Å². The van der Waals surface area contributed by atoms with E-state index >= 15 is 0 Å². The Morgan fingerprint density at radius 2 is 1.87 bits per heavy atom. The first-order chi connectivity index (χ1) is 10.7. The molecule has 1 rings (SSSR count). The quantitative estimate of drug-likeness (QED) is 0.840. The van der Waals surface area contributed by atoms with E-state index in [0.717, 1.165) is 12.0 Å². The van der Waals surface area contributed by atoms with Crippen LogP contribution in [0.2, 0.25) is 0 Å². The van der Waals surface area contributed by atoms with Gasteiger partial charge >= 0.3 is 0 Å². The summed E-state index contributed by atoms with van der Waals surface area (Å²) in [7, 11) is 3.32. The zero-order valence-electron chi connectivity index (χ0n) is 15.0. The van der Waals surface area contributed by atoms with Gasteiger partial charge in [-0.25, -0.2) is 0 Å². The summed E-state index contributed by atoms with van der Waals surface area (Å²) in [4.78, 5) is 25.6. The van der Waals surface area contributed by atoms with E-state index in [2.05, 4.69) is 19.2 Å². The van der Waals surface area contributed by atoms with E-state index in [1.165, 1.54) is 4.90 Å².